The zero-order valence-electron chi connectivity index (χ0n) is 9.79. The zero-order valence-corrected chi connectivity index (χ0v) is 9.79. The lowest BCUT2D eigenvalue weighted by molar-refractivity contribution is 0.0661. The Hall–Kier alpha value is -1.39. The summed E-state index contributed by atoms with van der Waals surface area (Å²) in [6.45, 7) is 2.71. The number of nitrogens with zero attached hydrogens (tertiary/aromatic N) is 3. The third-order valence-corrected chi connectivity index (χ3v) is 3.36. The summed E-state index contributed by atoms with van der Waals surface area (Å²) in [6, 6.07) is 6.02. The predicted molar refractivity (Wildman–Crippen MR) is 65.7 cm³/mol. The monoisotopic (exact) mass is 231 g/mol. The summed E-state index contributed by atoms with van der Waals surface area (Å²) in [5, 5.41) is 9.66. The van der Waals surface area contributed by atoms with Crippen LogP contribution in [0.3, 0.4) is 0 Å². The number of β-amino-alcohol motifs (C(OH)–C–C–N with tert-alkyl or cyclic N) is 1. The Morgan fingerprint density at radius 2 is 2.35 bits per heavy atom. The lowest BCUT2D eigenvalue weighted by atomic mass is 10.1. The minimum Gasteiger partial charge on any atom is -0.392 e. The van der Waals surface area contributed by atoms with E-state index in [0.717, 1.165) is 38.1 Å². The molecule has 17 heavy (non-hydrogen) atoms. The Bertz CT molecular complexity index is 508. The van der Waals surface area contributed by atoms with Crippen LogP contribution in [-0.4, -0.2) is 38.6 Å². The number of rotatable bonds is 2. The molecule has 1 saturated heterocycles. The van der Waals surface area contributed by atoms with Gasteiger partial charge in [-0.1, -0.05) is 6.07 Å². The maximum absolute atomic E-state index is 9.66. The molecule has 2 aromatic heterocycles. The first-order chi connectivity index (χ1) is 8.33. The summed E-state index contributed by atoms with van der Waals surface area (Å²) in [4.78, 5) is 6.67. The van der Waals surface area contributed by atoms with E-state index in [9.17, 15) is 5.11 Å². The first-order valence-electron chi connectivity index (χ1n) is 6.14. The van der Waals surface area contributed by atoms with Crippen molar-refractivity contribution in [3.05, 3.63) is 36.3 Å². The highest BCUT2D eigenvalue weighted by Crippen LogP contribution is 2.14. The number of piperidine rings is 1. The predicted octanol–water partition coefficient (Wildman–Crippen LogP) is 1.29. The fourth-order valence-electron chi connectivity index (χ4n) is 2.51. The van der Waals surface area contributed by atoms with Crippen molar-refractivity contribution >= 4 is 5.65 Å². The summed E-state index contributed by atoms with van der Waals surface area (Å²) < 4.78 is 2.11. The van der Waals surface area contributed by atoms with E-state index in [2.05, 4.69) is 14.3 Å². The number of imidazole rings is 1. The second-order valence-electron chi connectivity index (χ2n) is 4.71. The maximum Gasteiger partial charge on any atom is 0.136 e. The van der Waals surface area contributed by atoms with Gasteiger partial charge in [0.2, 0.25) is 0 Å². The minimum atomic E-state index is -0.164. The quantitative estimate of drug-likeness (QED) is 0.846. The Morgan fingerprint density at radius 1 is 1.41 bits per heavy atom. The molecule has 0 radical (unpaired) electrons. The van der Waals surface area contributed by atoms with Gasteiger partial charge in [0.25, 0.3) is 0 Å². The molecule has 0 spiro atoms. The number of pyridine rings is 1. The van der Waals surface area contributed by atoms with E-state index in [-0.39, 0.29) is 6.10 Å². The molecular formula is C13H17N3O. The molecule has 1 unspecified atom stereocenters. The molecule has 1 atom stereocenters. The maximum atomic E-state index is 9.66. The second-order valence-corrected chi connectivity index (χ2v) is 4.71. The van der Waals surface area contributed by atoms with E-state index >= 15 is 0 Å². The third kappa shape index (κ3) is 2.18. The smallest absolute Gasteiger partial charge is 0.136 e. The summed E-state index contributed by atoms with van der Waals surface area (Å²) in [7, 11) is 0. The molecule has 0 amide bonds. The summed E-state index contributed by atoms with van der Waals surface area (Å²) >= 11 is 0. The van der Waals surface area contributed by atoms with Crippen LogP contribution >= 0.6 is 0 Å². The van der Waals surface area contributed by atoms with E-state index in [1.165, 1.54) is 5.69 Å². The largest absolute Gasteiger partial charge is 0.392 e. The van der Waals surface area contributed by atoms with Gasteiger partial charge in [-0.25, -0.2) is 4.98 Å². The number of aliphatic hydroxyl groups is 1. The van der Waals surface area contributed by atoms with Crippen LogP contribution in [0.25, 0.3) is 5.65 Å². The molecule has 3 rings (SSSR count). The molecule has 2 aromatic rings. The van der Waals surface area contributed by atoms with Crippen LogP contribution in [-0.2, 0) is 6.54 Å². The van der Waals surface area contributed by atoms with Crippen LogP contribution in [0.1, 0.15) is 18.5 Å². The van der Waals surface area contributed by atoms with Crippen LogP contribution in [0.15, 0.2) is 30.6 Å². The Balaban J connectivity index is 1.80. The topological polar surface area (TPSA) is 40.8 Å². The van der Waals surface area contributed by atoms with Gasteiger partial charge >= 0.3 is 0 Å². The zero-order chi connectivity index (χ0) is 11.7. The van der Waals surface area contributed by atoms with Gasteiger partial charge in [-0.05, 0) is 31.5 Å². The van der Waals surface area contributed by atoms with Gasteiger partial charge in [0.15, 0.2) is 0 Å². The highest BCUT2D eigenvalue weighted by molar-refractivity contribution is 5.39. The van der Waals surface area contributed by atoms with Crippen LogP contribution in [0.2, 0.25) is 0 Å². The van der Waals surface area contributed by atoms with Crippen LogP contribution in [0, 0.1) is 0 Å². The Labute approximate surface area is 101 Å². The lowest BCUT2D eigenvalue weighted by Gasteiger charge is -2.29. The fourth-order valence-corrected chi connectivity index (χ4v) is 2.51. The van der Waals surface area contributed by atoms with Crippen molar-refractivity contribution in [2.24, 2.45) is 0 Å². The highest BCUT2D eigenvalue weighted by atomic mass is 16.3. The number of likely N-dealkylation sites (tertiary alicyclic amines) is 1. The van der Waals surface area contributed by atoms with Crippen molar-refractivity contribution in [2.75, 3.05) is 13.1 Å². The summed E-state index contributed by atoms with van der Waals surface area (Å²) in [5.74, 6) is 0. The molecule has 0 bridgehead atoms. The van der Waals surface area contributed by atoms with Crippen LogP contribution < -0.4 is 0 Å². The third-order valence-electron chi connectivity index (χ3n) is 3.36. The minimum absolute atomic E-state index is 0.164. The van der Waals surface area contributed by atoms with Gasteiger partial charge in [-0.3, -0.25) is 4.90 Å². The summed E-state index contributed by atoms with van der Waals surface area (Å²) in [5.41, 5.74) is 2.18. The summed E-state index contributed by atoms with van der Waals surface area (Å²) in [6.07, 6.45) is 5.82. The average Bonchev–Trinajstić information content (AvgIpc) is 2.73. The highest BCUT2D eigenvalue weighted by Gasteiger charge is 2.18. The first kappa shape index (κ1) is 10.7. The van der Waals surface area contributed by atoms with Gasteiger partial charge in [0, 0.05) is 19.3 Å². The van der Waals surface area contributed by atoms with Gasteiger partial charge in [-0.2, -0.15) is 0 Å². The standard InChI is InChI=1S/C13H17N3O/c17-12-4-3-6-15(10-12)9-11-8-14-13-5-1-2-7-16(11)13/h1-2,5,7-8,12,17H,3-4,6,9-10H2. The molecule has 90 valence electrons. The van der Waals surface area contributed by atoms with Crippen molar-refractivity contribution in [3.8, 4) is 0 Å². The first-order valence-corrected chi connectivity index (χ1v) is 6.14. The van der Waals surface area contributed by atoms with Crippen molar-refractivity contribution in [1.82, 2.24) is 14.3 Å². The molecule has 1 aliphatic rings. The molecule has 1 aliphatic heterocycles. The van der Waals surface area contributed by atoms with Gasteiger partial charge < -0.3 is 9.51 Å². The van der Waals surface area contributed by atoms with Crippen LogP contribution in [0.4, 0.5) is 0 Å². The molecule has 1 fully saturated rings. The molecule has 0 saturated carbocycles. The molecule has 3 heterocycles. The molecule has 4 heteroatoms. The second kappa shape index (κ2) is 4.47. The number of aliphatic hydroxyl groups excluding tert-OH is 1. The van der Waals surface area contributed by atoms with Crippen LogP contribution in [0.5, 0.6) is 0 Å². The van der Waals surface area contributed by atoms with Crippen molar-refractivity contribution < 1.29 is 5.11 Å². The lowest BCUT2D eigenvalue weighted by Crippen LogP contribution is -2.37. The van der Waals surface area contributed by atoms with E-state index in [1.807, 2.05) is 30.6 Å². The SMILES string of the molecule is OC1CCCN(Cc2cnc3ccccn23)C1. The number of fused-ring (bicyclic) bond motifs is 1. The fraction of sp³-hybridized carbons (Fsp3) is 0.462. The van der Waals surface area contributed by atoms with Gasteiger partial charge in [-0.15, -0.1) is 0 Å². The van der Waals surface area contributed by atoms with Crippen molar-refractivity contribution in [2.45, 2.75) is 25.5 Å². The van der Waals surface area contributed by atoms with E-state index < -0.39 is 0 Å². The Kier molecular flexibility index (Phi) is 2.82. The Morgan fingerprint density at radius 3 is 3.24 bits per heavy atom. The van der Waals surface area contributed by atoms with Crippen molar-refractivity contribution in [1.29, 1.82) is 0 Å². The van der Waals surface area contributed by atoms with E-state index in [1.54, 1.807) is 0 Å². The van der Waals surface area contributed by atoms with E-state index in [0.29, 0.717) is 0 Å². The van der Waals surface area contributed by atoms with Gasteiger partial charge in [0.05, 0.1) is 18.0 Å². The molecular weight excluding hydrogens is 214 g/mol. The van der Waals surface area contributed by atoms with E-state index in [4.69, 9.17) is 0 Å². The molecule has 4 nitrogen and oxygen atoms in total. The number of hydrogen-bond donors (Lipinski definition) is 1. The molecule has 1 N–H and O–H groups in total. The number of aromatic nitrogens is 2. The number of hydrogen-bond acceptors (Lipinski definition) is 3. The normalized spacial score (nSPS) is 22.1. The molecule has 0 aliphatic carbocycles. The van der Waals surface area contributed by atoms with Gasteiger partial charge in [0.1, 0.15) is 5.65 Å². The molecule has 0 aromatic carbocycles. The van der Waals surface area contributed by atoms with Crippen molar-refractivity contribution in [3.63, 3.8) is 0 Å². The average molecular weight is 231 g/mol.